The highest BCUT2D eigenvalue weighted by Gasteiger charge is 2.16. The fourth-order valence-electron chi connectivity index (χ4n) is 2.17. The smallest absolute Gasteiger partial charge is 0.262 e. The zero-order chi connectivity index (χ0) is 14.3. The van der Waals surface area contributed by atoms with Gasteiger partial charge in [-0.05, 0) is 36.4 Å². The predicted molar refractivity (Wildman–Crippen MR) is 80.2 cm³/mol. The molecule has 3 rings (SSSR count). The molecule has 2 aromatic carbocycles. The van der Waals surface area contributed by atoms with E-state index in [2.05, 4.69) is 15.9 Å². The summed E-state index contributed by atoms with van der Waals surface area (Å²) in [6, 6.07) is 11.5. The first-order valence-electron chi connectivity index (χ1n) is 5.93. The molecule has 1 aromatic heterocycles. The Morgan fingerprint density at radius 3 is 2.55 bits per heavy atom. The molecule has 0 saturated heterocycles. The van der Waals surface area contributed by atoms with E-state index in [1.54, 1.807) is 36.4 Å². The van der Waals surface area contributed by atoms with Crippen molar-refractivity contribution in [3.8, 4) is 0 Å². The molecular weight excluding hydrogens is 323 g/mol. The Kier molecular flexibility index (Phi) is 3.06. The van der Waals surface area contributed by atoms with Crippen molar-refractivity contribution in [2.24, 2.45) is 0 Å². The number of carbonyl (C=O) groups excluding carboxylic acids is 1. The van der Waals surface area contributed by atoms with Crippen LogP contribution in [0.15, 0.2) is 53.1 Å². The number of hydrogen-bond donors (Lipinski definition) is 1. The minimum absolute atomic E-state index is 0.246. The summed E-state index contributed by atoms with van der Waals surface area (Å²) in [6.45, 7) is 0. The number of nitrogens with zero attached hydrogens (tertiary/aromatic N) is 1. The first-order chi connectivity index (χ1) is 9.58. The molecule has 1 heterocycles. The van der Waals surface area contributed by atoms with E-state index in [0.29, 0.717) is 11.1 Å². The number of nitrogen functional groups attached to an aromatic ring is 1. The molecule has 0 saturated carbocycles. The van der Waals surface area contributed by atoms with E-state index in [0.717, 1.165) is 4.47 Å². The summed E-state index contributed by atoms with van der Waals surface area (Å²) < 4.78 is 16.0. The summed E-state index contributed by atoms with van der Waals surface area (Å²) in [7, 11) is 0. The van der Waals surface area contributed by atoms with Gasteiger partial charge < -0.3 is 5.73 Å². The summed E-state index contributed by atoms with van der Waals surface area (Å²) in [6.07, 6.45) is 1.46. The maximum atomic E-state index is 13.8. The number of rotatable bonds is 1. The van der Waals surface area contributed by atoms with E-state index in [9.17, 15) is 9.18 Å². The predicted octanol–water partition coefficient (Wildman–Crippen LogP) is 3.81. The van der Waals surface area contributed by atoms with Crippen molar-refractivity contribution in [3.05, 3.63) is 64.5 Å². The van der Waals surface area contributed by atoms with Crippen LogP contribution in [0.2, 0.25) is 0 Å². The average Bonchev–Trinajstić information content (AvgIpc) is 2.77. The first-order valence-corrected chi connectivity index (χ1v) is 6.72. The second-order valence-electron chi connectivity index (χ2n) is 4.40. The Bertz CT molecular complexity index is 809. The van der Waals surface area contributed by atoms with Crippen LogP contribution in [0, 0.1) is 5.82 Å². The number of anilines is 1. The monoisotopic (exact) mass is 332 g/mol. The quantitative estimate of drug-likeness (QED) is 0.736. The minimum Gasteiger partial charge on any atom is -0.397 e. The molecule has 0 aliphatic carbocycles. The molecule has 0 aliphatic heterocycles. The lowest BCUT2D eigenvalue weighted by atomic mass is 10.2. The highest BCUT2D eigenvalue weighted by molar-refractivity contribution is 9.10. The van der Waals surface area contributed by atoms with Crippen LogP contribution in [0.5, 0.6) is 0 Å². The van der Waals surface area contributed by atoms with E-state index >= 15 is 0 Å². The van der Waals surface area contributed by atoms with Crippen LogP contribution in [-0.2, 0) is 0 Å². The number of nitrogens with two attached hydrogens (primary N) is 1. The summed E-state index contributed by atoms with van der Waals surface area (Å²) in [4.78, 5) is 12.5. The molecule has 20 heavy (non-hydrogen) atoms. The van der Waals surface area contributed by atoms with Crippen LogP contribution < -0.4 is 5.73 Å². The van der Waals surface area contributed by atoms with Gasteiger partial charge in [-0.25, -0.2) is 4.39 Å². The Hall–Kier alpha value is -2.14. The van der Waals surface area contributed by atoms with Crippen LogP contribution in [-0.4, -0.2) is 10.5 Å². The summed E-state index contributed by atoms with van der Waals surface area (Å²) in [5, 5.41) is 0.276. The first kappa shape index (κ1) is 12.9. The third kappa shape index (κ3) is 2.00. The maximum Gasteiger partial charge on any atom is 0.262 e. The number of aromatic nitrogens is 1. The number of carbonyl (C=O) groups is 1. The van der Waals surface area contributed by atoms with Crippen LogP contribution in [0.3, 0.4) is 0 Å². The van der Waals surface area contributed by atoms with Gasteiger partial charge in [0.15, 0.2) is 0 Å². The standard InChI is InChI=1S/C15H10BrFN2O/c16-10-6-4-9(5-7-10)15(20)19-8-12(18)14-11(17)2-1-3-13(14)19/h1-8H,18H2. The van der Waals surface area contributed by atoms with Crippen molar-refractivity contribution in [1.29, 1.82) is 0 Å². The van der Waals surface area contributed by atoms with Gasteiger partial charge in [0.1, 0.15) is 5.82 Å². The lowest BCUT2D eigenvalue weighted by Crippen LogP contribution is -2.10. The lowest BCUT2D eigenvalue weighted by Gasteiger charge is -2.04. The van der Waals surface area contributed by atoms with Gasteiger partial charge >= 0.3 is 0 Å². The molecule has 0 amide bonds. The Labute approximate surface area is 122 Å². The zero-order valence-electron chi connectivity index (χ0n) is 10.3. The third-order valence-corrected chi connectivity index (χ3v) is 3.65. The van der Waals surface area contributed by atoms with Gasteiger partial charge in [-0.2, -0.15) is 0 Å². The molecule has 100 valence electrons. The molecular formula is C15H10BrFN2O. The molecule has 3 aromatic rings. The molecule has 0 atom stereocenters. The Balaban J connectivity index is 2.17. The van der Waals surface area contributed by atoms with E-state index in [4.69, 9.17) is 5.73 Å². The van der Waals surface area contributed by atoms with Crippen molar-refractivity contribution >= 4 is 38.4 Å². The topological polar surface area (TPSA) is 48.0 Å². The van der Waals surface area contributed by atoms with E-state index in [1.165, 1.54) is 16.8 Å². The third-order valence-electron chi connectivity index (χ3n) is 3.12. The lowest BCUT2D eigenvalue weighted by molar-refractivity contribution is 0.0965. The fraction of sp³-hybridized carbons (Fsp3) is 0. The number of benzene rings is 2. The second-order valence-corrected chi connectivity index (χ2v) is 5.32. The minimum atomic E-state index is -0.428. The van der Waals surface area contributed by atoms with Gasteiger partial charge in [0.05, 0.1) is 16.6 Å². The van der Waals surface area contributed by atoms with E-state index < -0.39 is 5.82 Å². The normalized spacial score (nSPS) is 10.9. The molecule has 3 nitrogen and oxygen atoms in total. The molecule has 0 unspecified atom stereocenters. The molecule has 0 aliphatic rings. The van der Waals surface area contributed by atoms with Crippen molar-refractivity contribution in [2.45, 2.75) is 0 Å². The second kappa shape index (κ2) is 4.76. The maximum absolute atomic E-state index is 13.8. The molecule has 5 heteroatoms. The van der Waals surface area contributed by atoms with E-state index in [-0.39, 0.29) is 17.0 Å². The number of halogens is 2. The Morgan fingerprint density at radius 2 is 1.85 bits per heavy atom. The molecule has 0 radical (unpaired) electrons. The molecule has 0 spiro atoms. The zero-order valence-corrected chi connectivity index (χ0v) is 11.9. The summed E-state index contributed by atoms with van der Waals surface area (Å²) >= 11 is 3.32. The van der Waals surface area contributed by atoms with Gasteiger partial charge in [-0.15, -0.1) is 0 Å². The van der Waals surface area contributed by atoms with Crippen molar-refractivity contribution in [2.75, 3.05) is 5.73 Å². The fourth-order valence-corrected chi connectivity index (χ4v) is 2.44. The van der Waals surface area contributed by atoms with Gasteiger partial charge in [-0.1, -0.05) is 22.0 Å². The number of hydrogen-bond acceptors (Lipinski definition) is 2. The van der Waals surface area contributed by atoms with Gasteiger partial charge in [0.2, 0.25) is 0 Å². The van der Waals surface area contributed by atoms with Gasteiger partial charge in [0.25, 0.3) is 5.91 Å². The Morgan fingerprint density at radius 1 is 1.15 bits per heavy atom. The molecule has 0 fully saturated rings. The molecule has 2 N–H and O–H groups in total. The van der Waals surface area contributed by atoms with Crippen LogP contribution in [0.4, 0.5) is 10.1 Å². The highest BCUT2D eigenvalue weighted by atomic mass is 79.9. The van der Waals surface area contributed by atoms with Gasteiger partial charge in [-0.3, -0.25) is 9.36 Å². The summed E-state index contributed by atoms with van der Waals surface area (Å²) in [5.41, 5.74) is 7.03. The average molecular weight is 333 g/mol. The van der Waals surface area contributed by atoms with Crippen molar-refractivity contribution in [3.63, 3.8) is 0 Å². The highest BCUT2D eigenvalue weighted by Crippen LogP contribution is 2.27. The largest absolute Gasteiger partial charge is 0.397 e. The summed E-state index contributed by atoms with van der Waals surface area (Å²) in [5.74, 6) is -0.674. The van der Waals surface area contributed by atoms with Crippen molar-refractivity contribution in [1.82, 2.24) is 4.57 Å². The number of fused-ring (bicyclic) bond motifs is 1. The van der Waals surface area contributed by atoms with Crippen molar-refractivity contribution < 1.29 is 9.18 Å². The molecule has 0 bridgehead atoms. The van der Waals surface area contributed by atoms with E-state index in [1.807, 2.05) is 0 Å². The van der Waals surface area contributed by atoms with Crippen LogP contribution in [0.25, 0.3) is 10.9 Å². The van der Waals surface area contributed by atoms with Gasteiger partial charge in [0, 0.05) is 16.2 Å². The SMILES string of the molecule is Nc1cn(C(=O)c2ccc(Br)cc2)c2cccc(F)c12. The van der Waals surface area contributed by atoms with Crippen LogP contribution in [0.1, 0.15) is 10.4 Å². The van der Waals surface area contributed by atoms with Crippen LogP contribution >= 0.6 is 15.9 Å².